The number of hydrogen-bond donors (Lipinski definition) is 2. The SMILES string of the molecule is CCOC(=O)C(C)Nc1ccc(Cl)cc1N. The molecule has 4 nitrogen and oxygen atoms in total. The molecule has 0 amide bonds. The highest BCUT2D eigenvalue weighted by Crippen LogP contribution is 2.23. The van der Waals surface area contributed by atoms with Gasteiger partial charge in [-0.3, -0.25) is 0 Å². The third kappa shape index (κ3) is 3.31. The topological polar surface area (TPSA) is 64.3 Å². The molecule has 5 heteroatoms. The first-order valence-corrected chi connectivity index (χ1v) is 5.40. The minimum absolute atomic E-state index is 0.308. The molecule has 0 aromatic heterocycles. The number of nitrogen functional groups attached to an aromatic ring is 1. The number of nitrogens with two attached hydrogens (primary N) is 1. The maximum absolute atomic E-state index is 11.4. The molecule has 1 aromatic rings. The summed E-state index contributed by atoms with van der Waals surface area (Å²) in [5.74, 6) is -0.308. The van der Waals surface area contributed by atoms with Gasteiger partial charge in [0.1, 0.15) is 6.04 Å². The van der Waals surface area contributed by atoms with Crippen molar-refractivity contribution in [2.45, 2.75) is 19.9 Å². The van der Waals surface area contributed by atoms with Gasteiger partial charge in [0.25, 0.3) is 0 Å². The van der Waals surface area contributed by atoms with Crippen LogP contribution >= 0.6 is 11.6 Å². The Balaban J connectivity index is 2.69. The third-order valence-corrected chi connectivity index (χ3v) is 2.26. The lowest BCUT2D eigenvalue weighted by molar-refractivity contribution is -0.143. The molecule has 0 aliphatic rings. The fourth-order valence-corrected chi connectivity index (χ4v) is 1.41. The minimum Gasteiger partial charge on any atom is -0.464 e. The van der Waals surface area contributed by atoms with Gasteiger partial charge in [0.05, 0.1) is 18.0 Å². The molecule has 0 radical (unpaired) electrons. The lowest BCUT2D eigenvalue weighted by atomic mass is 10.2. The Morgan fingerprint density at radius 1 is 1.62 bits per heavy atom. The van der Waals surface area contributed by atoms with E-state index in [-0.39, 0.29) is 5.97 Å². The molecule has 0 aliphatic carbocycles. The predicted molar refractivity (Wildman–Crippen MR) is 65.6 cm³/mol. The van der Waals surface area contributed by atoms with Crippen LogP contribution in [0.2, 0.25) is 5.02 Å². The smallest absolute Gasteiger partial charge is 0.328 e. The summed E-state index contributed by atoms with van der Waals surface area (Å²) >= 11 is 5.77. The summed E-state index contributed by atoms with van der Waals surface area (Å²) in [5, 5.41) is 3.53. The molecule has 16 heavy (non-hydrogen) atoms. The van der Waals surface area contributed by atoms with E-state index in [4.69, 9.17) is 22.1 Å². The van der Waals surface area contributed by atoms with Crippen molar-refractivity contribution in [2.24, 2.45) is 0 Å². The van der Waals surface area contributed by atoms with Crippen LogP contribution in [0.4, 0.5) is 11.4 Å². The number of benzene rings is 1. The van der Waals surface area contributed by atoms with E-state index in [9.17, 15) is 4.79 Å². The summed E-state index contributed by atoms with van der Waals surface area (Å²) in [7, 11) is 0. The Hall–Kier alpha value is -1.42. The van der Waals surface area contributed by atoms with E-state index in [1.54, 1.807) is 32.0 Å². The second-order valence-corrected chi connectivity index (χ2v) is 3.79. The maximum Gasteiger partial charge on any atom is 0.328 e. The first-order chi connectivity index (χ1) is 7.54. The molecule has 3 N–H and O–H groups in total. The largest absolute Gasteiger partial charge is 0.464 e. The normalized spacial score (nSPS) is 11.9. The molecule has 0 spiro atoms. The van der Waals surface area contributed by atoms with Crippen LogP contribution in [0.15, 0.2) is 18.2 Å². The zero-order valence-corrected chi connectivity index (χ0v) is 10.0. The van der Waals surface area contributed by atoms with E-state index >= 15 is 0 Å². The number of nitrogens with one attached hydrogen (secondary N) is 1. The minimum atomic E-state index is -0.441. The van der Waals surface area contributed by atoms with Crippen LogP contribution in [-0.2, 0) is 9.53 Å². The molecule has 0 fully saturated rings. The lowest BCUT2D eigenvalue weighted by Crippen LogP contribution is -2.28. The van der Waals surface area contributed by atoms with Crippen LogP contribution in [0, 0.1) is 0 Å². The quantitative estimate of drug-likeness (QED) is 0.628. The average molecular weight is 243 g/mol. The Labute approximate surface area is 99.7 Å². The maximum atomic E-state index is 11.4. The number of anilines is 2. The van der Waals surface area contributed by atoms with Gasteiger partial charge in [0.15, 0.2) is 0 Å². The molecular formula is C11H15ClN2O2. The lowest BCUT2D eigenvalue weighted by Gasteiger charge is -2.15. The third-order valence-electron chi connectivity index (χ3n) is 2.03. The molecule has 1 aromatic carbocycles. The fraction of sp³-hybridized carbons (Fsp3) is 0.364. The number of esters is 1. The predicted octanol–water partition coefficient (Wildman–Crippen LogP) is 2.29. The van der Waals surface area contributed by atoms with Crippen molar-refractivity contribution < 1.29 is 9.53 Å². The number of rotatable bonds is 4. The van der Waals surface area contributed by atoms with Crippen LogP contribution in [0.25, 0.3) is 0 Å². The molecule has 88 valence electrons. The van der Waals surface area contributed by atoms with Gasteiger partial charge >= 0.3 is 5.97 Å². The van der Waals surface area contributed by atoms with Crippen LogP contribution in [0.5, 0.6) is 0 Å². The van der Waals surface area contributed by atoms with Gasteiger partial charge < -0.3 is 15.8 Å². The van der Waals surface area contributed by atoms with Crippen molar-refractivity contribution in [1.82, 2.24) is 0 Å². The Morgan fingerprint density at radius 3 is 2.88 bits per heavy atom. The van der Waals surface area contributed by atoms with Crippen LogP contribution in [0.3, 0.4) is 0 Å². The van der Waals surface area contributed by atoms with Gasteiger partial charge in [0, 0.05) is 5.02 Å². The van der Waals surface area contributed by atoms with Gasteiger partial charge in [-0.2, -0.15) is 0 Å². The number of ether oxygens (including phenoxy) is 1. The first kappa shape index (κ1) is 12.6. The van der Waals surface area contributed by atoms with Crippen LogP contribution < -0.4 is 11.1 Å². The molecule has 1 atom stereocenters. The van der Waals surface area contributed by atoms with Gasteiger partial charge in [-0.15, -0.1) is 0 Å². The number of hydrogen-bond acceptors (Lipinski definition) is 4. The fourth-order valence-electron chi connectivity index (χ4n) is 1.22. The molecule has 0 bridgehead atoms. The Bertz CT molecular complexity index is 382. The summed E-state index contributed by atoms with van der Waals surface area (Å²) in [6.45, 7) is 3.84. The van der Waals surface area contributed by atoms with Crippen molar-refractivity contribution in [3.8, 4) is 0 Å². The second-order valence-electron chi connectivity index (χ2n) is 3.35. The van der Waals surface area contributed by atoms with Gasteiger partial charge in [-0.05, 0) is 32.0 Å². The number of halogens is 1. The Morgan fingerprint density at radius 2 is 2.31 bits per heavy atom. The van der Waals surface area contributed by atoms with E-state index in [1.165, 1.54) is 0 Å². The standard InChI is InChI=1S/C11H15ClN2O2/c1-3-16-11(15)7(2)14-10-5-4-8(12)6-9(10)13/h4-7,14H,3,13H2,1-2H3. The van der Waals surface area contributed by atoms with Crippen LogP contribution in [-0.4, -0.2) is 18.6 Å². The van der Waals surface area contributed by atoms with Gasteiger partial charge in [-0.25, -0.2) is 4.79 Å². The monoisotopic (exact) mass is 242 g/mol. The summed E-state index contributed by atoms with van der Waals surface area (Å²) in [6.07, 6.45) is 0. The molecule has 0 aliphatic heterocycles. The average Bonchev–Trinajstić information content (AvgIpc) is 2.22. The molecular weight excluding hydrogens is 228 g/mol. The molecule has 1 rings (SSSR count). The van der Waals surface area contributed by atoms with Crippen molar-refractivity contribution >= 4 is 28.9 Å². The Kier molecular flexibility index (Phi) is 4.43. The highest BCUT2D eigenvalue weighted by molar-refractivity contribution is 6.31. The van der Waals surface area contributed by atoms with Crippen LogP contribution in [0.1, 0.15) is 13.8 Å². The van der Waals surface area contributed by atoms with E-state index in [2.05, 4.69) is 5.32 Å². The molecule has 0 heterocycles. The molecule has 1 unspecified atom stereocenters. The zero-order chi connectivity index (χ0) is 12.1. The van der Waals surface area contributed by atoms with Crippen molar-refractivity contribution in [3.63, 3.8) is 0 Å². The highest BCUT2D eigenvalue weighted by Gasteiger charge is 2.14. The molecule has 0 saturated carbocycles. The summed E-state index contributed by atoms with van der Waals surface area (Å²) < 4.78 is 4.87. The second kappa shape index (κ2) is 5.61. The number of carbonyl (C=O) groups excluding carboxylic acids is 1. The van der Waals surface area contributed by atoms with E-state index in [0.717, 1.165) is 0 Å². The van der Waals surface area contributed by atoms with E-state index in [1.807, 2.05) is 0 Å². The zero-order valence-electron chi connectivity index (χ0n) is 9.29. The first-order valence-electron chi connectivity index (χ1n) is 5.02. The van der Waals surface area contributed by atoms with Crippen molar-refractivity contribution in [3.05, 3.63) is 23.2 Å². The summed E-state index contributed by atoms with van der Waals surface area (Å²) in [5.41, 5.74) is 6.92. The number of carbonyl (C=O) groups is 1. The van der Waals surface area contributed by atoms with Crippen molar-refractivity contribution in [1.29, 1.82) is 0 Å². The molecule has 0 saturated heterocycles. The van der Waals surface area contributed by atoms with E-state index < -0.39 is 6.04 Å². The highest BCUT2D eigenvalue weighted by atomic mass is 35.5. The summed E-state index contributed by atoms with van der Waals surface area (Å²) in [4.78, 5) is 11.4. The van der Waals surface area contributed by atoms with Crippen molar-refractivity contribution in [2.75, 3.05) is 17.7 Å². The van der Waals surface area contributed by atoms with Gasteiger partial charge in [-0.1, -0.05) is 11.6 Å². The summed E-state index contributed by atoms with van der Waals surface area (Å²) in [6, 6.07) is 4.62. The van der Waals surface area contributed by atoms with Gasteiger partial charge in [0.2, 0.25) is 0 Å². The van der Waals surface area contributed by atoms with E-state index in [0.29, 0.717) is 23.0 Å².